The molecule has 3 atom stereocenters. The third-order valence-corrected chi connectivity index (χ3v) is 5.91. The zero-order valence-corrected chi connectivity index (χ0v) is 13.2. The molecule has 0 spiro atoms. The highest BCUT2D eigenvalue weighted by molar-refractivity contribution is 5.80. The quantitative estimate of drug-likeness (QED) is 0.831. The lowest BCUT2D eigenvalue weighted by Gasteiger charge is -2.30. The minimum Gasteiger partial charge on any atom is -0.481 e. The molecule has 0 radical (unpaired) electrons. The zero-order chi connectivity index (χ0) is 15.7. The van der Waals surface area contributed by atoms with Crippen LogP contribution in [0.5, 0.6) is 0 Å². The number of hydrogen-bond donors (Lipinski definition) is 2. The molecular weight excluding hydrogens is 284 g/mol. The van der Waals surface area contributed by atoms with E-state index in [4.69, 9.17) is 4.74 Å². The molecule has 0 aromatic rings. The number of fused-ring (bicyclic) bond motifs is 1. The van der Waals surface area contributed by atoms with Crippen LogP contribution in [0.2, 0.25) is 0 Å². The van der Waals surface area contributed by atoms with Gasteiger partial charge < -0.3 is 20.1 Å². The monoisotopic (exact) mass is 310 g/mol. The van der Waals surface area contributed by atoms with Crippen LogP contribution in [0.25, 0.3) is 0 Å². The Bertz CT molecular complexity index is 449. The molecule has 2 N–H and O–H groups in total. The summed E-state index contributed by atoms with van der Waals surface area (Å²) in [6.07, 6.45) is 4.54. The van der Waals surface area contributed by atoms with Gasteiger partial charge in [0.25, 0.3) is 0 Å². The van der Waals surface area contributed by atoms with E-state index in [9.17, 15) is 14.7 Å². The second-order valence-corrected chi connectivity index (χ2v) is 7.12. The summed E-state index contributed by atoms with van der Waals surface area (Å²) in [4.78, 5) is 25.9. The Morgan fingerprint density at radius 2 is 2.05 bits per heavy atom. The van der Waals surface area contributed by atoms with Crippen LogP contribution in [0.15, 0.2) is 0 Å². The minimum absolute atomic E-state index is 0.103. The van der Waals surface area contributed by atoms with E-state index >= 15 is 0 Å². The van der Waals surface area contributed by atoms with Crippen molar-refractivity contribution in [2.45, 2.75) is 45.1 Å². The van der Waals surface area contributed by atoms with Crippen molar-refractivity contribution in [1.29, 1.82) is 0 Å². The maximum Gasteiger partial charge on any atom is 0.317 e. The van der Waals surface area contributed by atoms with Gasteiger partial charge in [-0.15, -0.1) is 0 Å². The number of likely N-dealkylation sites (tertiary alicyclic amines) is 1. The Morgan fingerprint density at radius 3 is 2.68 bits per heavy atom. The third-order valence-electron chi connectivity index (χ3n) is 5.91. The molecule has 2 saturated heterocycles. The molecule has 0 bridgehead atoms. The lowest BCUT2D eigenvalue weighted by Crippen LogP contribution is -2.47. The summed E-state index contributed by atoms with van der Waals surface area (Å²) in [6, 6.07) is 0.00614. The lowest BCUT2D eigenvalue weighted by atomic mass is 9.81. The summed E-state index contributed by atoms with van der Waals surface area (Å²) in [5.74, 6) is -0.162. The van der Waals surface area contributed by atoms with Gasteiger partial charge in [0.2, 0.25) is 0 Å². The van der Waals surface area contributed by atoms with Gasteiger partial charge in [0.1, 0.15) is 0 Å². The summed E-state index contributed by atoms with van der Waals surface area (Å²) < 4.78 is 5.36. The van der Waals surface area contributed by atoms with Crippen molar-refractivity contribution in [3.8, 4) is 0 Å². The van der Waals surface area contributed by atoms with Crippen LogP contribution >= 0.6 is 0 Å². The van der Waals surface area contributed by atoms with Crippen LogP contribution in [0, 0.1) is 17.3 Å². The molecule has 3 rings (SSSR count). The lowest BCUT2D eigenvalue weighted by molar-refractivity contribution is -0.149. The number of carboxylic acids is 1. The predicted octanol–water partition coefficient (Wildman–Crippen LogP) is 1.70. The Labute approximate surface area is 131 Å². The fourth-order valence-corrected chi connectivity index (χ4v) is 4.41. The van der Waals surface area contributed by atoms with Crippen molar-refractivity contribution >= 4 is 12.0 Å². The number of amides is 2. The SMILES string of the molecule is CC(NC(=O)N1C[C@@H]2CCC[C@@]2(C(=O)O)C1)C1CCOCC1. The van der Waals surface area contributed by atoms with Crippen molar-refractivity contribution in [1.82, 2.24) is 10.2 Å². The van der Waals surface area contributed by atoms with Gasteiger partial charge in [0.15, 0.2) is 0 Å². The fraction of sp³-hybridized carbons (Fsp3) is 0.875. The van der Waals surface area contributed by atoms with Gasteiger partial charge >= 0.3 is 12.0 Å². The Hall–Kier alpha value is -1.30. The molecule has 2 amide bonds. The molecule has 1 aliphatic carbocycles. The molecule has 6 heteroatoms. The number of aliphatic carboxylic acids is 1. The summed E-state index contributed by atoms with van der Waals surface area (Å²) in [7, 11) is 0. The summed E-state index contributed by atoms with van der Waals surface area (Å²) in [5, 5.41) is 12.7. The smallest absolute Gasteiger partial charge is 0.317 e. The largest absolute Gasteiger partial charge is 0.481 e. The first-order valence-electron chi connectivity index (χ1n) is 8.39. The summed E-state index contributed by atoms with van der Waals surface area (Å²) in [5.41, 5.74) is -0.695. The minimum atomic E-state index is -0.734. The normalized spacial score (nSPS) is 33.5. The van der Waals surface area contributed by atoms with E-state index in [1.54, 1.807) is 4.90 Å². The maximum absolute atomic E-state index is 12.5. The van der Waals surface area contributed by atoms with Gasteiger partial charge in [-0.2, -0.15) is 0 Å². The van der Waals surface area contributed by atoms with Gasteiger partial charge in [-0.25, -0.2) is 4.79 Å². The first kappa shape index (κ1) is 15.6. The standard InChI is InChI=1S/C16H26N2O4/c1-11(12-4-7-22-8-5-12)17-15(21)18-9-13-3-2-6-16(13,10-18)14(19)20/h11-13H,2-10H2,1H3,(H,17,21)(H,19,20)/t11?,13-,16+/m0/s1. The Kier molecular flexibility index (Phi) is 4.30. The fourth-order valence-electron chi connectivity index (χ4n) is 4.41. The van der Waals surface area contributed by atoms with Gasteiger partial charge in [-0.3, -0.25) is 4.79 Å². The molecule has 2 aliphatic heterocycles. The molecule has 22 heavy (non-hydrogen) atoms. The van der Waals surface area contributed by atoms with Crippen molar-refractivity contribution in [3.05, 3.63) is 0 Å². The highest BCUT2D eigenvalue weighted by Crippen LogP contribution is 2.48. The van der Waals surface area contributed by atoms with Crippen LogP contribution in [0.1, 0.15) is 39.0 Å². The number of hydrogen-bond acceptors (Lipinski definition) is 3. The van der Waals surface area contributed by atoms with Crippen LogP contribution < -0.4 is 5.32 Å². The maximum atomic E-state index is 12.5. The topological polar surface area (TPSA) is 78.9 Å². The van der Waals surface area contributed by atoms with E-state index in [-0.39, 0.29) is 18.0 Å². The molecule has 1 unspecified atom stereocenters. The van der Waals surface area contributed by atoms with Gasteiger partial charge in [0.05, 0.1) is 5.41 Å². The van der Waals surface area contributed by atoms with E-state index < -0.39 is 11.4 Å². The average Bonchev–Trinajstić information content (AvgIpc) is 3.06. The molecule has 1 saturated carbocycles. The van der Waals surface area contributed by atoms with Crippen molar-refractivity contribution in [2.75, 3.05) is 26.3 Å². The number of carbonyl (C=O) groups excluding carboxylic acids is 1. The number of ether oxygens (including phenoxy) is 1. The molecule has 2 heterocycles. The summed E-state index contributed by atoms with van der Waals surface area (Å²) in [6.45, 7) is 4.51. The number of urea groups is 1. The van der Waals surface area contributed by atoms with Crippen molar-refractivity contribution in [3.63, 3.8) is 0 Å². The second kappa shape index (κ2) is 6.07. The second-order valence-electron chi connectivity index (χ2n) is 7.12. The third kappa shape index (κ3) is 2.69. The van der Waals surface area contributed by atoms with E-state index in [1.165, 1.54) is 0 Å². The molecule has 0 aromatic carbocycles. The zero-order valence-electron chi connectivity index (χ0n) is 13.2. The van der Waals surface area contributed by atoms with Crippen LogP contribution in [-0.2, 0) is 9.53 Å². The predicted molar refractivity (Wildman–Crippen MR) is 80.5 cm³/mol. The number of nitrogens with one attached hydrogen (secondary N) is 1. The Balaban J connectivity index is 1.58. The molecule has 3 fully saturated rings. The van der Waals surface area contributed by atoms with E-state index in [0.29, 0.717) is 25.4 Å². The van der Waals surface area contributed by atoms with Gasteiger partial charge in [0, 0.05) is 32.3 Å². The number of carboxylic acid groups (broad SMARTS) is 1. The van der Waals surface area contributed by atoms with E-state index in [2.05, 4.69) is 5.32 Å². The first-order valence-corrected chi connectivity index (χ1v) is 8.39. The van der Waals surface area contributed by atoms with E-state index in [0.717, 1.165) is 38.9 Å². The highest BCUT2D eigenvalue weighted by atomic mass is 16.5. The summed E-state index contributed by atoms with van der Waals surface area (Å²) >= 11 is 0. The molecule has 6 nitrogen and oxygen atoms in total. The van der Waals surface area contributed by atoms with Crippen LogP contribution in [-0.4, -0.2) is 54.4 Å². The molecule has 124 valence electrons. The molecular formula is C16H26N2O4. The Morgan fingerprint density at radius 1 is 1.32 bits per heavy atom. The highest BCUT2D eigenvalue weighted by Gasteiger charge is 2.55. The number of carbonyl (C=O) groups is 2. The number of rotatable bonds is 3. The molecule has 3 aliphatic rings. The van der Waals surface area contributed by atoms with Gasteiger partial charge in [-0.05, 0) is 44.4 Å². The molecule has 0 aromatic heterocycles. The van der Waals surface area contributed by atoms with E-state index in [1.807, 2.05) is 6.92 Å². The van der Waals surface area contributed by atoms with Gasteiger partial charge in [-0.1, -0.05) is 6.42 Å². The average molecular weight is 310 g/mol. The van der Waals surface area contributed by atoms with Crippen LogP contribution in [0.3, 0.4) is 0 Å². The van der Waals surface area contributed by atoms with Crippen LogP contribution in [0.4, 0.5) is 4.79 Å². The number of nitrogens with zero attached hydrogens (tertiary/aromatic N) is 1. The van der Waals surface area contributed by atoms with Crippen molar-refractivity contribution in [2.24, 2.45) is 17.3 Å². The first-order chi connectivity index (χ1) is 10.5. The van der Waals surface area contributed by atoms with Crippen molar-refractivity contribution < 1.29 is 19.4 Å².